The Morgan fingerprint density at radius 2 is 2.00 bits per heavy atom. The van der Waals surface area contributed by atoms with Gasteiger partial charge in [-0.25, -0.2) is 9.45 Å². The first-order valence-electron chi connectivity index (χ1n) is 5.84. The molecule has 0 bridgehead atoms. The second-order valence-electron chi connectivity index (χ2n) is 3.66. The minimum Gasteiger partial charge on any atom is -0.301 e. The maximum atomic E-state index is 11.3. The molecule has 0 rings (SSSR count). The maximum Gasteiger partial charge on any atom is 0.499 e. The Labute approximate surface area is 97.6 Å². The zero-order chi connectivity index (χ0) is 12.4. The predicted molar refractivity (Wildman–Crippen MR) is 61.8 cm³/mol. The Bertz CT molecular complexity index is 209. The van der Waals surface area contributed by atoms with Crippen molar-refractivity contribution in [2.45, 2.75) is 46.5 Å². The van der Waals surface area contributed by atoms with E-state index in [0.717, 1.165) is 25.7 Å². The van der Waals surface area contributed by atoms with E-state index >= 15 is 0 Å². The lowest BCUT2D eigenvalue weighted by atomic mass is 10.0. The van der Waals surface area contributed by atoms with Crippen LogP contribution in [0.2, 0.25) is 0 Å². The zero-order valence-corrected chi connectivity index (χ0v) is 11.2. The third-order valence-electron chi connectivity index (χ3n) is 2.28. The third kappa shape index (κ3) is 8.25. The van der Waals surface area contributed by atoms with Crippen molar-refractivity contribution >= 4 is 7.82 Å². The largest absolute Gasteiger partial charge is 0.499 e. The highest BCUT2D eigenvalue weighted by Gasteiger charge is 2.23. The topological polar surface area (TPSA) is 65.0 Å². The van der Waals surface area contributed by atoms with Gasteiger partial charge in [0, 0.05) is 0 Å². The molecule has 6 heteroatoms. The molecule has 0 saturated heterocycles. The van der Waals surface area contributed by atoms with Gasteiger partial charge in [-0.1, -0.05) is 33.1 Å². The van der Waals surface area contributed by atoms with E-state index in [-0.39, 0.29) is 13.2 Å². The van der Waals surface area contributed by atoms with Gasteiger partial charge in [0.1, 0.15) is 0 Å². The summed E-state index contributed by atoms with van der Waals surface area (Å²) in [5.74, 6) is 0.297. The van der Waals surface area contributed by atoms with Crippen molar-refractivity contribution in [3.63, 3.8) is 0 Å². The van der Waals surface area contributed by atoms with Crippen LogP contribution in [0.25, 0.3) is 0 Å². The second-order valence-corrected chi connectivity index (χ2v) is 5.01. The summed E-state index contributed by atoms with van der Waals surface area (Å²) in [5, 5.41) is 0. The van der Waals surface area contributed by atoms with Crippen LogP contribution < -0.4 is 0 Å². The van der Waals surface area contributed by atoms with Gasteiger partial charge in [0.2, 0.25) is 0 Å². The minimum atomic E-state index is -4.03. The molecular formula is C10H23O5P. The van der Waals surface area contributed by atoms with Gasteiger partial charge in [-0.05, 0) is 19.3 Å². The van der Waals surface area contributed by atoms with E-state index in [1.54, 1.807) is 6.92 Å². The predicted octanol–water partition coefficient (Wildman–Crippen LogP) is 3.29. The zero-order valence-electron chi connectivity index (χ0n) is 10.3. The lowest BCUT2D eigenvalue weighted by molar-refractivity contribution is -0.220. The van der Waals surface area contributed by atoms with Crippen LogP contribution in [0.4, 0.5) is 0 Å². The number of phosphoric ester groups is 1. The molecule has 2 unspecified atom stereocenters. The van der Waals surface area contributed by atoms with Gasteiger partial charge in [-0.3, -0.25) is 4.52 Å². The lowest BCUT2D eigenvalue weighted by Gasteiger charge is -2.16. The summed E-state index contributed by atoms with van der Waals surface area (Å²) in [7, 11) is -4.03. The van der Waals surface area contributed by atoms with Gasteiger partial charge >= 0.3 is 7.82 Å². The smallest absolute Gasteiger partial charge is 0.301 e. The van der Waals surface area contributed by atoms with Crippen LogP contribution in [-0.2, 0) is 18.7 Å². The van der Waals surface area contributed by atoms with Crippen molar-refractivity contribution in [2.24, 2.45) is 5.92 Å². The standard InChI is InChI=1S/C10H23O5P/c1-4-7-8-10(5-2)9-14-16(11,12)15-13-6-3/h10H,4-9H2,1-3H3,(H,11,12). The van der Waals surface area contributed by atoms with Crippen molar-refractivity contribution in [1.82, 2.24) is 0 Å². The molecule has 0 aromatic heterocycles. The molecule has 0 amide bonds. The average Bonchev–Trinajstić information content (AvgIpc) is 2.27. The van der Waals surface area contributed by atoms with E-state index in [0.29, 0.717) is 5.92 Å². The van der Waals surface area contributed by atoms with E-state index in [9.17, 15) is 9.46 Å². The van der Waals surface area contributed by atoms with E-state index in [1.165, 1.54) is 0 Å². The molecule has 0 saturated carbocycles. The van der Waals surface area contributed by atoms with E-state index in [4.69, 9.17) is 4.52 Å². The molecule has 0 fully saturated rings. The normalized spacial score (nSPS) is 17.0. The van der Waals surface area contributed by atoms with Crippen LogP contribution in [-0.4, -0.2) is 18.1 Å². The Hall–Kier alpha value is 0.0700. The molecule has 2 atom stereocenters. The molecule has 5 nitrogen and oxygen atoms in total. The fourth-order valence-electron chi connectivity index (χ4n) is 1.24. The van der Waals surface area contributed by atoms with Crippen LogP contribution in [0.3, 0.4) is 0 Å². The highest BCUT2D eigenvalue weighted by Crippen LogP contribution is 2.44. The van der Waals surface area contributed by atoms with Crippen LogP contribution in [0.1, 0.15) is 46.5 Å². The number of hydrogen-bond acceptors (Lipinski definition) is 4. The average molecular weight is 254 g/mol. The summed E-state index contributed by atoms with van der Waals surface area (Å²) in [5.41, 5.74) is 0. The van der Waals surface area contributed by atoms with Crippen molar-refractivity contribution in [3.05, 3.63) is 0 Å². The van der Waals surface area contributed by atoms with Crippen molar-refractivity contribution in [3.8, 4) is 0 Å². The minimum absolute atomic E-state index is 0.209. The van der Waals surface area contributed by atoms with Crippen molar-refractivity contribution in [1.29, 1.82) is 0 Å². The molecule has 0 spiro atoms. The third-order valence-corrected chi connectivity index (χ3v) is 3.05. The fraction of sp³-hybridized carbons (Fsp3) is 1.00. The SMILES string of the molecule is CCCCC(CC)COP(=O)(O)OOCC. The second kappa shape index (κ2) is 9.14. The molecule has 0 radical (unpaired) electrons. The monoisotopic (exact) mass is 254 g/mol. The molecule has 1 N–H and O–H groups in total. The van der Waals surface area contributed by atoms with Gasteiger partial charge in [-0.2, -0.15) is 0 Å². The summed E-state index contributed by atoms with van der Waals surface area (Å²) in [6.45, 7) is 6.26. The van der Waals surface area contributed by atoms with Crippen LogP contribution in [0, 0.1) is 5.92 Å². The molecule has 0 aliphatic carbocycles. The number of hydrogen-bond donors (Lipinski definition) is 1. The van der Waals surface area contributed by atoms with Gasteiger partial charge in [-0.15, -0.1) is 4.67 Å². The maximum absolute atomic E-state index is 11.3. The molecule has 16 heavy (non-hydrogen) atoms. The summed E-state index contributed by atoms with van der Waals surface area (Å²) in [6, 6.07) is 0. The first kappa shape index (κ1) is 16.1. The van der Waals surface area contributed by atoms with Gasteiger partial charge < -0.3 is 4.89 Å². The molecule has 98 valence electrons. The summed E-state index contributed by atoms with van der Waals surface area (Å²) in [4.78, 5) is 13.6. The molecule has 0 aromatic rings. The Kier molecular flexibility index (Phi) is 9.18. The van der Waals surface area contributed by atoms with Crippen LogP contribution in [0.15, 0.2) is 0 Å². The van der Waals surface area contributed by atoms with Crippen LogP contribution >= 0.6 is 7.82 Å². The lowest BCUT2D eigenvalue weighted by Crippen LogP contribution is -2.08. The highest BCUT2D eigenvalue weighted by molar-refractivity contribution is 7.47. The number of unbranched alkanes of at least 4 members (excludes halogenated alkanes) is 1. The quantitative estimate of drug-likeness (QED) is 0.368. The molecular weight excluding hydrogens is 231 g/mol. The molecule has 0 aromatic carbocycles. The van der Waals surface area contributed by atoms with E-state index in [2.05, 4.69) is 16.5 Å². The van der Waals surface area contributed by atoms with E-state index in [1.807, 2.05) is 6.92 Å². The van der Waals surface area contributed by atoms with Gasteiger partial charge in [0.15, 0.2) is 0 Å². The summed E-state index contributed by atoms with van der Waals surface area (Å²) < 4.78 is 20.4. The van der Waals surface area contributed by atoms with Crippen molar-refractivity contribution < 1.29 is 23.5 Å². The Balaban J connectivity index is 3.85. The fourth-order valence-corrected chi connectivity index (χ4v) is 1.92. The highest BCUT2D eigenvalue weighted by atomic mass is 31.2. The Morgan fingerprint density at radius 3 is 2.50 bits per heavy atom. The number of phosphoric acid groups is 1. The van der Waals surface area contributed by atoms with Gasteiger partial charge in [0.25, 0.3) is 0 Å². The Morgan fingerprint density at radius 1 is 1.31 bits per heavy atom. The first-order chi connectivity index (χ1) is 7.55. The summed E-state index contributed by atoms with van der Waals surface area (Å²) >= 11 is 0. The molecule has 0 aliphatic rings. The number of rotatable bonds is 10. The first-order valence-corrected chi connectivity index (χ1v) is 7.33. The summed E-state index contributed by atoms with van der Waals surface area (Å²) in [6.07, 6.45) is 4.14. The van der Waals surface area contributed by atoms with E-state index < -0.39 is 7.82 Å². The van der Waals surface area contributed by atoms with Crippen LogP contribution in [0.5, 0.6) is 0 Å². The molecule has 0 aliphatic heterocycles. The molecule has 0 heterocycles. The van der Waals surface area contributed by atoms with Gasteiger partial charge in [0.05, 0.1) is 13.2 Å². The van der Waals surface area contributed by atoms with Crippen molar-refractivity contribution in [2.75, 3.05) is 13.2 Å².